The molecule has 8 heteroatoms. The van der Waals surface area contributed by atoms with E-state index in [-0.39, 0.29) is 11.7 Å². The van der Waals surface area contributed by atoms with Crippen molar-refractivity contribution in [1.29, 1.82) is 0 Å². The second-order valence-electron chi connectivity index (χ2n) is 5.65. The van der Waals surface area contributed by atoms with Gasteiger partial charge in [0.05, 0.1) is 0 Å². The highest BCUT2D eigenvalue weighted by Gasteiger charge is 2.38. The van der Waals surface area contributed by atoms with Gasteiger partial charge < -0.3 is 4.90 Å². The van der Waals surface area contributed by atoms with E-state index >= 15 is 0 Å². The molecule has 1 aliphatic rings. The van der Waals surface area contributed by atoms with Crippen molar-refractivity contribution >= 4 is 11.5 Å². The number of alkyl halides is 3. The van der Waals surface area contributed by atoms with Gasteiger partial charge in [-0.1, -0.05) is 6.92 Å². The Morgan fingerprint density at radius 2 is 1.95 bits per heavy atom. The first-order valence-corrected chi connectivity index (χ1v) is 6.92. The molecule has 2 aromatic rings. The lowest BCUT2D eigenvalue weighted by molar-refractivity contribution is -0.146. The van der Waals surface area contributed by atoms with E-state index < -0.39 is 12.0 Å². The Labute approximate surface area is 119 Å². The molecule has 0 amide bonds. The Bertz CT molecular complexity index is 651. The van der Waals surface area contributed by atoms with E-state index in [0.29, 0.717) is 11.7 Å². The average Bonchev–Trinajstić information content (AvgIpc) is 2.81. The summed E-state index contributed by atoms with van der Waals surface area (Å²) < 4.78 is 39.4. The lowest BCUT2D eigenvalue weighted by Gasteiger charge is -2.37. The summed E-state index contributed by atoms with van der Waals surface area (Å²) >= 11 is 0. The monoisotopic (exact) mass is 299 g/mol. The maximum Gasteiger partial charge on any atom is 0.453 e. The predicted molar refractivity (Wildman–Crippen MR) is 71.0 cm³/mol. The summed E-state index contributed by atoms with van der Waals surface area (Å²) in [7, 11) is 0. The molecule has 0 saturated carbocycles. The van der Waals surface area contributed by atoms with Crippen molar-refractivity contribution in [1.82, 2.24) is 19.8 Å². The highest BCUT2D eigenvalue weighted by atomic mass is 19.4. The van der Waals surface area contributed by atoms with Crippen LogP contribution >= 0.6 is 0 Å². The summed E-state index contributed by atoms with van der Waals surface area (Å²) in [6.45, 7) is 5.05. The molecule has 2 aromatic heterocycles. The van der Waals surface area contributed by atoms with Gasteiger partial charge in [0.1, 0.15) is 5.82 Å². The predicted octanol–water partition coefficient (Wildman–Crippen LogP) is 2.77. The standard InChI is InChI=1S/C13H16F3N5/c1-8-5-6-20(9(2)7-8)11-4-3-10-17-18-12(13(14,15)16)21(10)19-11/h3-4,8-9H,5-7H2,1-2H3/t8-,9-/m1/s1. The molecule has 0 aliphatic carbocycles. The van der Waals surface area contributed by atoms with Crippen LogP contribution in [-0.2, 0) is 6.18 Å². The minimum atomic E-state index is -4.56. The molecule has 0 bridgehead atoms. The van der Waals surface area contributed by atoms with Crippen LogP contribution in [0.4, 0.5) is 19.0 Å². The van der Waals surface area contributed by atoms with Gasteiger partial charge in [-0.15, -0.1) is 15.3 Å². The largest absolute Gasteiger partial charge is 0.453 e. The Hall–Kier alpha value is -1.86. The number of halogens is 3. The number of hydrogen-bond donors (Lipinski definition) is 0. The van der Waals surface area contributed by atoms with Crippen LogP contribution in [0.1, 0.15) is 32.5 Å². The summed E-state index contributed by atoms with van der Waals surface area (Å²) in [5.41, 5.74) is 0.101. The van der Waals surface area contributed by atoms with Gasteiger partial charge in [0, 0.05) is 12.6 Å². The third-order valence-corrected chi connectivity index (χ3v) is 3.93. The molecule has 0 spiro atoms. The van der Waals surface area contributed by atoms with Gasteiger partial charge in [-0.3, -0.25) is 0 Å². The summed E-state index contributed by atoms with van der Waals surface area (Å²) in [4.78, 5) is 2.04. The van der Waals surface area contributed by atoms with E-state index in [2.05, 4.69) is 29.1 Å². The van der Waals surface area contributed by atoms with Gasteiger partial charge >= 0.3 is 6.18 Å². The van der Waals surface area contributed by atoms with Crippen LogP contribution in [0.3, 0.4) is 0 Å². The van der Waals surface area contributed by atoms with Gasteiger partial charge in [-0.05, 0) is 37.8 Å². The highest BCUT2D eigenvalue weighted by molar-refractivity contribution is 5.46. The van der Waals surface area contributed by atoms with E-state index in [1.807, 2.05) is 4.90 Å². The van der Waals surface area contributed by atoms with E-state index in [1.165, 1.54) is 6.07 Å². The Morgan fingerprint density at radius 3 is 2.62 bits per heavy atom. The maximum absolute atomic E-state index is 12.9. The Kier molecular flexibility index (Phi) is 3.26. The first kappa shape index (κ1) is 14.1. The third kappa shape index (κ3) is 2.54. The van der Waals surface area contributed by atoms with Gasteiger partial charge in [0.25, 0.3) is 5.82 Å². The molecule has 0 radical (unpaired) electrons. The summed E-state index contributed by atoms with van der Waals surface area (Å²) in [5.74, 6) is 0.0743. The third-order valence-electron chi connectivity index (χ3n) is 3.93. The second kappa shape index (κ2) is 4.85. The lowest BCUT2D eigenvalue weighted by atomic mass is 9.93. The summed E-state index contributed by atoms with van der Waals surface area (Å²) in [6, 6.07) is 3.48. The van der Waals surface area contributed by atoms with E-state index in [9.17, 15) is 13.2 Å². The van der Waals surface area contributed by atoms with E-state index in [4.69, 9.17) is 0 Å². The van der Waals surface area contributed by atoms with Crippen molar-refractivity contribution in [2.75, 3.05) is 11.4 Å². The van der Waals surface area contributed by atoms with Crippen molar-refractivity contribution in [3.63, 3.8) is 0 Å². The van der Waals surface area contributed by atoms with Crippen molar-refractivity contribution < 1.29 is 13.2 Å². The zero-order valence-corrected chi connectivity index (χ0v) is 11.8. The van der Waals surface area contributed by atoms with Gasteiger partial charge in [-0.2, -0.15) is 17.7 Å². The van der Waals surface area contributed by atoms with Gasteiger partial charge in [-0.25, -0.2) is 0 Å². The number of piperidine rings is 1. The van der Waals surface area contributed by atoms with Crippen LogP contribution in [0.2, 0.25) is 0 Å². The minimum Gasteiger partial charge on any atom is -0.352 e. The fourth-order valence-corrected chi connectivity index (χ4v) is 2.86. The number of rotatable bonds is 1. The maximum atomic E-state index is 12.9. The van der Waals surface area contributed by atoms with Crippen LogP contribution in [0, 0.1) is 5.92 Å². The topological polar surface area (TPSA) is 46.3 Å². The molecular formula is C13H16F3N5. The Balaban J connectivity index is 2.00. The lowest BCUT2D eigenvalue weighted by Crippen LogP contribution is -2.41. The quantitative estimate of drug-likeness (QED) is 0.812. The van der Waals surface area contributed by atoms with Crippen LogP contribution in [0.25, 0.3) is 5.65 Å². The number of aromatic nitrogens is 4. The normalized spacial score (nSPS) is 23.8. The molecule has 2 atom stereocenters. The molecule has 21 heavy (non-hydrogen) atoms. The van der Waals surface area contributed by atoms with Gasteiger partial charge in [0.15, 0.2) is 5.65 Å². The molecule has 1 fully saturated rings. The molecule has 114 valence electrons. The molecular weight excluding hydrogens is 283 g/mol. The number of hydrogen-bond acceptors (Lipinski definition) is 4. The second-order valence-corrected chi connectivity index (χ2v) is 5.65. The molecule has 0 N–H and O–H groups in total. The summed E-state index contributed by atoms with van der Waals surface area (Å²) in [6.07, 6.45) is -2.54. The minimum absolute atomic E-state index is 0.101. The number of fused-ring (bicyclic) bond motifs is 1. The van der Waals surface area contributed by atoms with Crippen molar-refractivity contribution in [3.05, 3.63) is 18.0 Å². The zero-order chi connectivity index (χ0) is 15.2. The Morgan fingerprint density at radius 1 is 1.19 bits per heavy atom. The fourth-order valence-electron chi connectivity index (χ4n) is 2.86. The van der Waals surface area contributed by atoms with Crippen LogP contribution < -0.4 is 4.90 Å². The molecule has 5 nitrogen and oxygen atoms in total. The number of nitrogens with zero attached hydrogens (tertiary/aromatic N) is 5. The highest BCUT2D eigenvalue weighted by Crippen LogP contribution is 2.29. The van der Waals surface area contributed by atoms with Crippen LogP contribution in [-0.4, -0.2) is 32.4 Å². The molecule has 0 unspecified atom stereocenters. The molecule has 1 aliphatic heterocycles. The van der Waals surface area contributed by atoms with E-state index in [1.54, 1.807) is 6.07 Å². The SMILES string of the molecule is C[C@@H]1CCN(c2ccc3nnc(C(F)(F)F)n3n2)[C@H](C)C1. The van der Waals surface area contributed by atoms with Crippen molar-refractivity contribution in [3.8, 4) is 0 Å². The smallest absolute Gasteiger partial charge is 0.352 e. The molecule has 3 heterocycles. The summed E-state index contributed by atoms with van der Waals surface area (Å²) in [5, 5.41) is 10.8. The first-order valence-electron chi connectivity index (χ1n) is 6.92. The molecule has 3 rings (SSSR count). The van der Waals surface area contributed by atoms with Crippen LogP contribution in [0.5, 0.6) is 0 Å². The zero-order valence-electron chi connectivity index (χ0n) is 11.8. The van der Waals surface area contributed by atoms with Crippen LogP contribution in [0.15, 0.2) is 12.1 Å². The number of anilines is 1. The van der Waals surface area contributed by atoms with Crippen molar-refractivity contribution in [2.24, 2.45) is 5.92 Å². The molecule has 1 saturated heterocycles. The first-order chi connectivity index (χ1) is 9.86. The van der Waals surface area contributed by atoms with Crippen molar-refractivity contribution in [2.45, 2.75) is 38.9 Å². The average molecular weight is 299 g/mol. The van der Waals surface area contributed by atoms with E-state index in [0.717, 1.165) is 23.9 Å². The molecule has 0 aromatic carbocycles. The fraction of sp³-hybridized carbons (Fsp3) is 0.615. The van der Waals surface area contributed by atoms with Gasteiger partial charge in [0.2, 0.25) is 0 Å².